The van der Waals surface area contributed by atoms with Gasteiger partial charge in [0.2, 0.25) is 0 Å². The van der Waals surface area contributed by atoms with Crippen LogP contribution in [0.2, 0.25) is 0 Å². The van der Waals surface area contributed by atoms with Crippen molar-refractivity contribution in [3.05, 3.63) is 28.0 Å². The van der Waals surface area contributed by atoms with E-state index in [1.165, 1.54) is 102 Å². The van der Waals surface area contributed by atoms with Crippen molar-refractivity contribution in [2.24, 2.45) is 0 Å². The molecule has 1 nitrogen and oxygen atoms in total. The molecule has 0 saturated carbocycles. The molecule has 0 fully saturated rings. The molecular weight excluding hydrogens is 430 g/mol. The third kappa shape index (κ3) is 8.14. The molecule has 0 aliphatic heterocycles. The third-order valence-corrected chi connectivity index (χ3v) is 8.61. The Bertz CT molecular complexity index is 601. The van der Waals surface area contributed by atoms with E-state index in [2.05, 4.69) is 42.7 Å². The number of rotatable bonds is 15. The molecule has 0 radical (unpaired) electrons. The van der Waals surface area contributed by atoms with Crippen molar-refractivity contribution in [2.45, 2.75) is 110 Å². The zero-order chi connectivity index (χ0) is 18.5. The monoisotopic (exact) mass is 472 g/mol. The Morgan fingerprint density at radius 3 is 1.77 bits per heavy atom. The molecule has 2 rings (SSSR count). The average molecular weight is 470 g/mol. The third-order valence-electron chi connectivity index (χ3n) is 5.53. The van der Waals surface area contributed by atoms with Crippen LogP contribution in [0.5, 0.6) is 0 Å². The van der Waals surface area contributed by atoms with Crippen molar-refractivity contribution in [3.63, 3.8) is 0 Å². The standard InChI is InChI=1S/C24H40NTe/c1-3-4-5-6-7-8-9-10-11-12-13-14-15-18-21-25-22(2)26-24-20-17-16-19-23(24)25/h16-17,19-20H,3-15,18,21H2,1-2H3/q+1. The molecule has 0 aliphatic rings. The molecule has 26 heavy (non-hydrogen) atoms. The minimum atomic E-state index is -0.0702. The van der Waals surface area contributed by atoms with Crippen LogP contribution in [-0.2, 0) is 6.54 Å². The van der Waals surface area contributed by atoms with Crippen LogP contribution in [0.25, 0.3) is 8.92 Å². The molecule has 1 aromatic heterocycles. The molecule has 2 heteroatoms. The summed E-state index contributed by atoms with van der Waals surface area (Å²) in [5.74, 6) is 0. The van der Waals surface area contributed by atoms with Gasteiger partial charge in [0.05, 0.1) is 0 Å². The van der Waals surface area contributed by atoms with E-state index in [0.29, 0.717) is 0 Å². The van der Waals surface area contributed by atoms with Crippen molar-refractivity contribution < 1.29 is 4.57 Å². The van der Waals surface area contributed by atoms with Gasteiger partial charge in [-0.1, -0.05) is 39.0 Å². The number of hydrogen-bond acceptors (Lipinski definition) is 0. The van der Waals surface area contributed by atoms with Crippen LogP contribution in [0, 0.1) is 6.92 Å². The fourth-order valence-electron chi connectivity index (χ4n) is 3.89. The van der Waals surface area contributed by atoms with Gasteiger partial charge in [-0.15, -0.1) is 0 Å². The second-order valence-corrected chi connectivity index (χ2v) is 11.4. The first-order chi connectivity index (χ1) is 12.8. The molecule has 0 amide bonds. The summed E-state index contributed by atoms with van der Waals surface area (Å²) in [6, 6.07) is 9.06. The summed E-state index contributed by atoms with van der Waals surface area (Å²) in [6.45, 7) is 5.89. The van der Waals surface area contributed by atoms with E-state index in [1.807, 2.05) is 0 Å². The number of para-hydroxylation sites is 1. The van der Waals surface area contributed by atoms with Gasteiger partial charge in [0.15, 0.2) is 0 Å². The number of aryl methyl sites for hydroxylation is 2. The summed E-state index contributed by atoms with van der Waals surface area (Å²) < 4.78 is 5.91. The summed E-state index contributed by atoms with van der Waals surface area (Å²) >= 11 is -0.0702. The van der Waals surface area contributed by atoms with Crippen LogP contribution >= 0.6 is 0 Å². The second-order valence-electron chi connectivity index (χ2n) is 7.84. The normalized spacial score (nSPS) is 11.5. The van der Waals surface area contributed by atoms with Crippen LogP contribution in [0.1, 0.15) is 101 Å². The van der Waals surface area contributed by atoms with Gasteiger partial charge >= 0.3 is 133 Å². The quantitative estimate of drug-likeness (QED) is 0.150. The molecule has 0 N–H and O–H groups in total. The molecule has 0 atom stereocenters. The van der Waals surface area contributed by atoms with Gasteiger partial charge in [-0.3, -0.25) is 0 Å². The van der Waals surface area contributed by atoms with Gasteiger partial charge in [-0.05, 0) is 0 Å². The zero-order valence-corrected chi connectivity index (χ0v) is 19.6. The van der Waals surface area contributed by atoms with Crippen LogP contribution in [0.3, 0.4) is 0 Å². The maximum atomic E-state index is 2.61. The summed E-state index contributed by atoms with van der Waals surface area (Å²) in [6.07, 6.45) is 20.2. The van der Waals surface area contributed by atoms with Gasteiger partial charge in [0.25, 0.3) is 0 Å². The topological polar surface area (TPSA) is 3.88 Å². The summed E-state index contributed by atoms with van der Waals surface area (Å²) in [4.78, 5) is 0. The van der Waals surface area contributed by atoms with Gasteiger partial charge in [0, 0.05) is 0 Å². The van der Waals surface area contributed by atoms with Crippen molar-refractivity contribution >= 4 is 29.3 Å². The molecular formula is C24H40NTe+. The first-order valence-electron chi connectivity index (χ1n) is 11.2. The molecule has 1 heterocycles. The molecule has 0 unspecified atom stereocenters. The van der Waals surface area contributed by atoms with E-state index in [0.717, 1.165) is 0 Å². The fourth-order valence-corrected chi connectivity index (χ4v) is 6.88. The Kier molecular flexibility index (Phi) is 11.7. The summed E-state index contributed by atoms with van der Waals surface area (Å²) in [5, 5.41) is 0. The van der Waals surface area contributed by atoms with Crippen molar-refractivity contribution in [3.8, 4) is 0 Å². The van der Waals surface area contributed by atoms with E-state index in [-0.39, 0.29) is 20.4 Å². The van der Waals surface area contributed by atoms with Crippen molar-refractivity contribution in [1.82, 2.24) is 0 Å². The SMILES string of the molecule is CCCCCCCCCCCCCCCC[n+]1c(C)[te]c2ccccc21. The van der Waals surface area contributed by atoms with E-state index >= 15 is 0 Å². The molecule has 0 bridgehead atoms. The Hall–Kier alpha value is -0.320. The van der Waals surface area contributed by atoms with E-state index in [4.69, 9.17) is 0 Å². The Morgan fingerprint density at radius 1 is 0.692 bits per heavy atom. The van der Waals surface area contributed by atoms with Crippen LogP contribution in [0.15, 0.2) is 24.3 Å². The van der Waals surface area contributed by atoms with Gasteiger partial charge in [-0.25, -0.2) is 0 Å². The predicted octanol–water partition coefficient (Wildman–Crippen LogP) is 6.97. The van der Waals surface area contributed by atoms with Crippen LogP contribution in [0.4, 0.5) is 0 Å². The first-order valence-corrected chi connectivity index (χ1v) is 13.5. The Morgan fingerprint density at radius 2 is 1.19 bits per heavy atom. The Labute approximate surface area is 171 Å². The number of nitrogens with zero attached hydrogens (tertiary/aromatic N) is 1. The number of fused-ring (bicyclic) bond motifs is 1. The van der Waals surface area contributed by atoms with E-state index in [1.54, 1.807) is 7.11 Å². The summed E-state index contributed by atoms with van der Waals surface area (Å²) in [7, 11) is 0. The number of aromatic nitrogens is 1. The van der Waals surface area contributed by atoms with E-state index in [9.17, 15) is 0 Å². The minimum absolute atomic E-state index is 0.0702. The predicted molar refractivity (Wildman–Crippen MR) is 116 cm³/mol. The van der Waals surface area contributed by atoms with Gasteiger partial charge in [-0.2, -0.15) is 0 Å². The fraction of sp³-hybridized carbons (Fsp3) is 0.708. The molecule has 0 saturated heterocycles. The average Bonchev–Trinajstić information content (AvgIpc) is 2.97. The molecule has 0 aliphatic carbocycles. The molecule has 1 aromatic carbocycles. The van der Waals surface area contributed by atoms with Crippen LogP contribution in [-0.4, -0.2) is 20.4 Å². The maximum absolute atomic E-state index is 2.61. The van der Waals surface area contributed by atoms with Gasteiger partial charge < -0.3 is 0 Å². The molecule has 0 spiro atoms. The first kappa shape index (κ1) is 22.0. The Balaban J connectivity index is 1.43. The van der Waals surface area contributed by atoms with Crippen molar-refractivity contribution in [1.29, 1.82) is 0 Å². The zero-order valence-electron chi connectivity index (χ0n) is 17.3. The molecule has 146 valence electrons. The number of hydrogen-bond donors (Lipinski definition) is 0. The second kappa shape index (κ2) is 13.8. The summed E-state index contributed by atoms with van der Waals surface area (Å²) in [5.41, 5.74) is 1.52. The number of unbranched alkanes of at least 4 members (excludes halogenated alkanes) is 13. The van der Waals surface area contributed by atoms with E-state index < -0.39 is 0 Å². The van der Waals surface area contributed by atoms with Gasteiger partial charge in [0.1, 0.15) is 0 Å². The number of benzene rings is 1. The van der Waals surface area contributed by atoms with Crippen LogP contribution < -0.4 is 4.57 Å². The van der Waals surface area contributed by atoms with Crippen molar-refractivity contribution in [2.75, 3.05) is 0 Å². The molecule has 2 aromatic rings.